The van der Waals surface area contributed by atoms with E-state index in [2.05, 4.69) is 32.8 Å². The molecule has 1 N–H and O–H groups in total. The first-order valence-corrected chi connectivity index (χ1v) is 13.4. The van der Waals surface area contributed by atoms with Crippen LogP contribution in [0.5, 0.6) is 0 Å². The molecular formula is C28H26Cl2N4OS. The minimum atomic E-state index is 0.0657. The first-order valence-electron chi connectivity index (χ1n) is 11.8. The zero-order chi connectivity index (χ0) is 25.1. The number of pyridine rings is 1. The topological polar surface area (TPSA) is 48.5 Å². The van der Waals surface area contributed by atoms with Gasteiger partial charge in [0.1, 0.15) is 0 Å². The molecule has 2 heterocycles. The van der Waals surface area contributed by atoms with Crippen molar-refractivity contribution in [3.05, 3.63) is 99.7 Å². The molecule has 0 radical (unpaired) electrons. The summed E-state index contributed by atoms with van der Waals surface area (Å²) in [5.74, 6) is 0.0657. The molecule has 8 heteroatoms. The lowest BCUT2D eigenvalue weighted by atomic mass is 10.1. The molecule has 0 bridgehead atoms. The predicted molar refractivity (Wildman–Crippen MR) is 150 cm³/mol. The third kappa shape index (κ3) is 5.47. The number of aromatic nitrogens is 1. The van der Waals surface area contributed by atoms with Gasteiger partial charge in [0.2, 0.25) is 0 Å². The second-order valence-corrected chi connectivity index (χ2v) is 10.5. The third-order valence-corrected chi connectivity index (χ3v) is 8.15. The van der Waals surface area contributed by atoms with E-state index in [1.807, 2.05) is 60.5 Å². The molecule has 1 saturated heterocycles. The number of anilines is 1. The Morgan fingerprint density at radius 3 is 2.58 bits per heavy atom. The average Bonchev–Trinajstić information content (AvgIpc) is 2.90. The van der Waals surface area contributed by atoms with Gasteiger partial charge in [-0.1, -0.05) is 53.5 Å². The summed E-state index contributed by atoms with van der Waals surface area (Å²) in [5, 5.41) is 2.29. The van der Waals surface area contributed by atoms with Crippen molar-refractivity contribution in [2.45, 2.75) is 18.4 Å². The lowest BCUT2D eigenvalue weighted by Gasteiger charge is -2.35. The Labute approximate surface area is 225 Å². The number of para-hydroxylation sites is 1. The highest BCUT2D eigenvalue weighted by Crippen LogP contribution is 2.30. The van der Waals surface area contributed by atoms with Crippen LogP contribution in [0.2, 0.25) is 10.0 Å². The molecule has 0 spiro atoms. The maximum Gasteiger partial charge on any atom is 0.253 e. The number of hydrogen-bond donors (Lipinski definition) is 1. The lowest BCUT2D eigenvalue weighted by Crippen LogP contribution is -2.48. The van der Waals surface area contributed by atoms with E-state index in [1.54, 1.807) is 6.07 Å². The Kier molecular flexibility index (Phi) is 7.67. The highest BCUT2D eigenvalue weighted by molar-refractivity contribution is 8.00. The zero-order valence-corrected chi connectivity index (χ0v) is 22.2. The first-order chi connectivity index (χ1) is 17.5. The molecule has 0 aliphatic carbocycles. The van der Waals surface area contributed by atoms with Crippen molar-refractivity contribution >= 4 is 57.6 Å². The molecule has 1 fully saturated rings. The van der Waals surface area contributed by atoms with Gasteiger partial charge < -0.3 is 9.62 Å². The van der Waals surface area contributed by atoms with Crippen LogP contribution in [-0.4, -0.2) is 46.9 Å². The third-order valence-electron chi connectivity index (χ3n) is 6.43. The molecule has 5 nitrogen and oxygen atoms in total. The molecule has 0 unspecified atom stereocenters. The van der Waals surface area contributed by atoms with Gasteiger partial charge in [-0.25, -0.2) is 0 Å². The molecule has 36 heavy (non-hydrogen) atoms. The number of carbonyl (C=O) groups excluding carboxylic acids is 1. The van der Waals surface area contributed by atoms with Crippen LogP contribution in [0.4, 0.5) is 5.69 Å². The molecule has 3 aromatic carbocycles. The summed E-state index contributed by atoms with van der Waals surface area (Å²) in [6, 6.07) is 21.7. The van der Waals surface area contributed by atoms with Crippen LogP contribution >= 0.6 is 35.1 Å². The smallest absolute Gasteiger partial charge is 0.253 e. The minimum Gasteiger partial charge on any atom is -0.336 e. The van der Waals surface area contributed by atoms with Crippen molar-refractivity contribution in [1.29, 1.82) is 0 Å². The van der Waals surface area contributed by atoms with Crippen molar-refractivity contribution < 1.29 is 4.79 Å². The van der Waals surface area contributed by atoms with Gasteiger partial charge in [0.25, 0.3) is 5.91 Å². The summed E-state index contributed by atoms with van der Waals surface area (Å²) in [6.45, 7) is 5.70. The fourth-order valence-electron chi connectivity index (χ4n) is 4.38. The fourth-order valence-corrected chi connectivity index (χ4v) is 5.63. The number of rotatable bonds is 6. The van der Waals surface area contributed by atoms with E-state index in [1.165, 1.54) is 11.9 Å². The zero-order valence-electron chi connectivity index (χ0n) is 19.9. The number of carbonyl (C=O) groups is 1. The van der Waals surface area contributed by atoms with Gasteiger partial charge in [-0.2, -0.15) is 0 Å². The van der Waals surface area contributed by atoms with E-state index in [0.29, 0.717) is 28.7 Å². The molecule has 1 amide bonds. The van der Waals surface area contributed by atoms with Crippen LogP contribution in [0, 0.1) is 6.92 Å². The van der Waals surface area contributed by atoms with E-state index in [-0.39, 0.29) is 5.91 Å². The number of nitrogens with zero attached hydrogens (tertiary/aromatic N) is 3. The van der Waals surface area contributed by atoms with E-state index in [4.69, 9.17) is 23.2 Å². The van der Waals surface area contributed by atoms with Crippen molar-refractivity contribution in [3.63, 3.8) is 0 Å². The maximum atomic E-state index is 13.2. The van der Waals surface area contributed by atoms with Crippen LogP contribution in [-0.2, 0) is 6.54 Å². The molecule has 5 rings (SSSR count). The molecule has 4 aromatic rings. The van der Waals surface area contributed by atoms with Crippen molar-refractivity contribution in [2.24, 2.45) is 0 Å². The highest BCUT2D eigenvalue weighted by atomic mass is 35.5. The van der Waals surface area contributed by atoms with Gasteiger partial charge >= 0.3 is 0 Å². The second-order valence-electron chi connectivity index (χ2n) is 8.85. The van der Waals surface area contributed by atoms with E-state index >= 15 is 0 Å². The standard InChI is InChI=1S/C28H26Cl2N4OS/c1-19-17-21(10-11-24(19)32-36-25-9-3-5-20-7-4-12-31-27(20)25)28(35)34-15-13-33(14-16-34)18-22-6-2-8-23(29)26(22)30/h2-12,17,32H,13-16,18H2,1H3. The van der Waals surface area contributed by atoms with Crippen molar-refractivity contribution in [2.75, 3.05) is 30.9 Å². The minimum absolute atomic E-state index is 0.0657. The lowest BCUT2D eigenvalue weighted by molar-refractivity contribution is 0.0628. The number of benzene rings is 3. The molecule has 0 saturated carbocycles. The van der Waals surface area contributed by atoms with Gasteiger partial charge in [0, 0.05) is 55.6 Å². The summed E-state index contributed by atoms with van der Waals surface area (Å²) in [7, 11) is 0. The van der Waals surface area contributed by atoms with Crippen LogP contribution in [0.3, 0.4) is 0 Å². The fraction of sp³-hybridized carbons (Fsp3) is 0.214. The second kappa shape index (κ2) is 11.1. The van der Waals surface area contributed by atoms with E-state index < -0.39 is 0 Å². The van der Waals surface area contributed by atoms with Crippen molar-refractivity contribution in [3.8, 4) is 0 Å². The largest absolute Gasteiger partial charge is 0.336 e. The maximum absolute atomic E-state index is 13.2. The first kappa shape index (κ1) is 24.9. The number of piperazine rings is 1. The summed E-state index contributed by atoms with van der Waals surface area (Å²) in [6.07, 6.45) is 1.81. The summed E-state index contributed by atoms with van der Waals surface area (Å²) in [5.41, 5.74) is 4.70. The molecular weight excluding hydrogens is 511 g/mol. The Morgan fingerprint density at radius 1 is 1.00 bits per heavy atom. The van der Waals surface area contributed by atoms with Gasteiger partial charge in [0.15, 0.2) is 0 Å². The summed E-state index contributed by atoms with van der Waals surface area (Å²) in [4.78, 5) is 23.0. The van der Waals surface area contributed by atoms with Gasteiger partial charge in [-0.05, 0) is 66.4 Å². The van der Waals surface area contributed by atoms with Gasteiger partial charge in [0.05, 0.1) is 20.5 Å². The molecule has 184 valence electrons. The SMILES string of the molecule is Cc1cc(C(=O)N2CCN(Cc3cccc(Cl)c3Cl)CC2)ccc1NSc1cccc2cccnc12. The normalized spacial score (nSPS) is 14.2. The van der Waals surface area contributed by atoms with Gasteiger partial charge in [-0.15, -0.1) is 0 Å². The Balaban J connectivity index is 1.19. The highest BCUT2D eigenvalue weighted by Gasteiger charge is 2.23. The number of aryl methyl sites for hydroxylation is 1. The quantitative estimate of drug-likeness (QED) is 0.271. The molecule has 1 aromatic heterocycles. The van der Waals surface area contributed by atoms with Crippen LogP contribution in [0.1, 0.15) is 21.5 Å². The Bertz CT molecular complexity index is 1400. The number of fused-ring (bicyclic) bond motifs is 1. The van der Waals surface area contributed by atoms with Crippen molar-refractivity contribution in [1.82, 2.24) is 14.8 Å². The predicted octanol–water partition coefficient (Wildman–Crippen LogP) is 6.93. The average molecular weight is 538 g/mol. The molecule has 1 aliphatic heterocycles. The van der Waals surface area contributed by atoms with Crippen LogP contribution in [0.25, 0.3) is 10.9 Å². The number of amides is 1. The molecule has 1 aliphatic rings. The van der Waals surface area contributed by atoms with E-state index in [0.717, 1.165) is 52.2 Å². The number of nitrogens with one attached hydrogen (secondary N) is 1. The monoisotopic (exact) mass is 536 g/mol. The molecule has 0 atom stereocenters. The Hall–Kier alpha value is -2.77. The summed E-state index contributed by atoms with van der Waals surface area (Å²) < 4.78 is 3.43. The number of hydrogen-bond acceptors (Lipinski definition) is 5. The Morgan fingerprint density at radius 2 is 1.78 bits per heavy atom. The van der Waals surface area contributed by atoms with E-state index in [9.17, 15) is 4.79 Å². The van der Waals surface area contributed by atoms with Crippen LogP contribution < -0.4 is 4.72 Å². The summed E-state index contributed by atoms with van der Waals surface area (Å²) >= 11 is 14.0. The van der Waals surface area contributed by atoms with Crippen LogP contribution in [0.15, 0.2) is 77.8 Å². The van der Waals surface area contributed by atoms with Gasteiger partial charge in [-0.3, -0.25) is 14.7 Å². The number of halogens is 2.